The lowest BCUT2D eigenvalue weighted by molar-refractivity contribution is -0.224. The quantitative estimate of drug-likeness (QED) is 0.637. The van der Waals surface area contributed by atoms with Gasteiger partial charge in [0, 0.05) is 11.3 Å². The van der Waals surface area contributed by atoms with Crippen LogP contribution in [-0.2, 0) is 4.79 Å². The van der Waals surface area contributed by atoms with Crippen LogP contribution in [0.15, 0.2) is 11.6 Å². The fourth-order valence-electron chi connectivity index (χ4n) is 7.24. The van der Waals surface area contributed by atoms with E-state index in [0.29, 0.717) is 19.3 Å². The van der Waals surface area contributed by atoms with Gasteiger partial charge >= 0.3 is 0 Å². The summed E-state index contributed by atoms with van der Waals surface area (Å²) in [5, 5.41) is 33.0. The van der Waals surface area contributed by atoms with Gasteiger partial charge in [0.2, 0.25) is 0 Å². The van der Waals surface area contributed by atoms with Crippen LogP contribution >= 0.6 is 0 Å². The second kappa shape index (κ2) is 5.40. The summed E-state index contributed by atoms with van der Waals surface area (Å²) >= 11 is 0. The number of Topliss-reactive ketones (excluding diaryl/α,β-unsaturated/α-hetero) is 1. The average Bonchev–Trinajstić information content (AvgIpc) is 2.83. The van der Waals surface area contributed by atoms with E-state index in [1.807, 2.05) is 6.92 Å². The lowest BCUT2D eigenvalue weighted by Gasteiger charge is -2.62. The summed E-state index contributed by atoms with van der Waals surface area (Å²) in [5.74, 6) is 0.155. The number of rotatable bonds is 1. The molecule has 4 heteroatoms. The van der Waals surface area contributed by atoms with Crippen LogP contribution in [0.4, 0.5) is 0 Å². The highest BCUT2D eigenvalue weighted by Gasteiger charge is 2.70. The van der Waals surface area contributed by atoms with E-state index in [9.17, 15) is 20.1 Å². The molecule has 4 rings (SSSR count). The molecule has 0 spiro atoms. The van der Waals surface area contributed by atoms with Crippen molar-refractivity contribution in [1.29, 1.82) is 0 Å². The van der Waals surface area contributed by atoms with Crippen molar-refractivity contribution in [3.05, 3.63) is 11.6 Å². The summed E-state index contributed by atoms with van der Waals surface area (Å²) in [4.78, 5) is 12.2. The molecule has 0 bridgehead atoms. The minimum absolute atomic E-state index is 0.0471. The summed E-state index contributed by atoms with van der Waals surface area (Å²) in [6.45, 7) is 5.81. The van der Waals surface area contributed by atoms with Gasteiger partial charge in [0.25, 0.3) is 0 Å². The van der Waals surface area contributed by atoms with E-state index in [1.54, 1.807) is 6.92 Å². The number of ketones is 1. The number of carbonyl (C=O) groups excluding carboxylic acids is 1. The first kappa shape index (κ1) is 17.7. The van der Waals surface area contributed by atoms with E-state index in [1.165, 1.54) is 5.57 Å². The van der Waals surface area contributed by atoms with Crippen LogP contribution in [0.2, 0.25) is 0 Å². The molecule has 4 aliphatic rings. The van der Waals surface area contributed by atoms with Gasteiger partial charge < -0.3 is 15.3 Å². The van der Waals surface area contributed by atoms with Crippen LogP contribution in [0.25, 0.3) is 0 Å². The zero-order valence-electron chi connectivity index (χ0n) is 15.7. The van der Waals surface area contributed by atoms with Crippen molar-refractivity contribution in [2.75, 3.05) is 0 Å². The summed E-state index contributed by atoms with van der Waals surface area (Å²) in [6.07, 6.45) is 6.49. The van der Waals surface area contributed by atoms with Gasteiger partial charge in [-0.2, -0.15) is 0 Å². The molecule has 0 aromatic carbocycles. The molecule has 3 unspecified atom stereocenters. The van der Waals surface area contributed by atoms with Crippen molar-refractivity contribution in [3.63, 3.8) is 0 Å². The van der Waals surface area contributed by atoms with Crippen molar-refractivity contribution in [2.45, 2.75) is 83.5 Å². The van der Waals surface area contributed by atoms with Crippen LogP contribution in [-0.4, -0.2) is 38.9 Å². The van der Waals surface area contributed by atoms with Gasteiger partial charge in [0.05, 0.1) is 17.8 Å². The minimum Gasteiger partial charge on any atom is -0.393 e. The number of carbonyl (C=O) groups is 1. The lowest BCUT2D eigenvalue weighted by atomic mass is 9.45. The summed E-state index contributed by atoms with van der Waals surface area (Å²) in [7, 11) is 0. The first-order valence-corrected chi connectivity index (χ1v) is 9.93. The highest BCUT2D eigenvalue weighted by atomic mass is 16.3. The first-order valence-electron chi connectivity index (χ1n) is 9.93. The number of aliphatic hydroxyl groups is 3. The van der Waals surface area contributed by atoms with Gasteiger partial charge in [-0.15, -0.1) is 0 Å². The zero-order valence-corrected chi connectivity index (χ0v) is 15.7. The molecule has 8 atom stereocenters. The van der Waals surface area contributed by atoms with Crippen molar-refractivity contribution in [2.24, 2.45) is 28.6 Å². The normalized spacial score (nSPS) is 55.0. The highest BCUT2D eigenvalue weighted by Crippen LogP contribution is 2.67. The summed E-state index contributed by atoms with van der Waals surface area (Å²) in [5.41, 5.74) is -0.454. The van der Waals surface area contributed by atoms with Crippen LogP contribution in [0.1, 0.15) is 65.7 Å². The van der Waals surface area contributed by atoms with Crippen molar-refractivity contribution >= 4 is 5.78 Å². The molecule has 140 valence electrons. The van der Waals surface area contributed by atoms with Gasteiger partial charge in [0.1, 0.15) is 5.78 Å². The first-order chi connectivity index (χ1) is 11.6. The third-order valence-corrected chi connectivity index (χ3v) is 8.85. The molecule has 0 heterocycles. The predicted octanol–water partition coefficient (Wildman–Crippen LogP) is 2.60. The SMILES string of the molecule is CC(=O)C1CC[C@]2(O)C3CC=C4C[C@@H](O)CC[C@]4(C)C3C[C@@H](O)[C@]12C. The molecular formula is C21H32O4. The van der Waals surface area contributed by atoms with E-state index in [2.05, 4.69) is 13.0 Å². The molecule has 25 heavy (non-hydrogen) atoms. The monoisotopic (exact) mass is 348 g/mol. The Labute approximate surface area is 150 Å². The molecule has 4 aliphatic carbocycles. The zero-order chi connectivity index (χ0) is 18.2. The lowest BCUT2D eigenvalue weighted by Crippen LogP contribution is -2.66. The van der Waals surface area contributed by atoms with E-state index in [4.69, 9.17) is 0 Å². The molecule has 3 saturated carbocycles. The second-order valence-electron chi connectivity index (χ2n) is 9.65. The van der Waals surface area contributed by atoms with Crippen molar-refractivity contribution in [1.82, 2.24) is 0 Å². The Morgan fingerprint density at radius 3 is 2.56 bits per heavy atom. The van der Waals surface area contributed by atoms with E-state index < -0.39 is 17.1 Å². The molecule has 0 aromatic rings. The third kappa shape index (κ3) is 2.08. The largest absolute Gasteiger partial charge is 0.393 e. The molecule has 3 fully saturated rings. The summed E-state index contributed by atoms with van der Waals surface area (Å²) < 4.78 is 0. The standard InChI is InChI=1S/C21H32O4/c1-12(22)15-7-9-21(25)16-5-4-13-10-14(23)6-8-19(13,2)17(16)11-18(24)20(15,21)3/h4,14-18,23-25H,5-11H2,1-3H3/t14-,15?,16?,17?,18+,19-,20-,21-/m0/s1. The fourth-order valence-corrected chi connectivity index (χ4v) is 7.24. The van der Waals surface area contributed by atoms with Gasteiger partial charge in [0.15, 0.2) is 0 Å². The second-order valence-corrected chi connectivity index (χ2v) is 9.65. The van der Waals surface area contributed by atoms with Crippen molar-refractivity contribution < 1.29 is 20.1 Å². The molecule has 0 radical (unpaired) electrons. The van der Waals surface area contributed by atoms with E-state index in [0.717, 1.165) is 25.7 Å². The van der Waals surface area contributed by atoms with E-state index >= 15 is 0 Å². The average molecular weight is 348 g/mol. The van der Waals surface area contributed by atoms with Gasteiger partial charge in [-0.1, -0.05) is 25.5 Å². The van der Waals surface area contributed by atoms with Crippen molar-refractivity contribution in [3.8, 4) is 0 Å². The Bertz CT molecular complexity index is 627. The Hall–Kier alpha value is -0.710. The maximum absolute atomic E-state index is 12.2. The van der Waals surface area contributed by atoms with Crippen LogP contribution in [0.5, 0.6) is 0 Å². The Kier molecular flexibility index (Phi) is 3.82. The topological polar surface area (TPSA) is 77.8 Å². The fraction of sp³-hybridized carbons (Fsp3) is 0.857. The highest BCUT2D eigenvalue weighted by molar-refractivity contribution is 5.80. The van der Waals surface area contributed by atoms with Gasteiger partial charge in [-0.3, -0.25) is 4.79 Å². The van der Waals surface area contributed by atoms with Gasteiger partial charge in [-0.05, 0) is 69.1 Å². The predicted molar refractivity (Wildman–Crippen MR) is 94.7 cm³/mol. The smallest absolute Gasteiger partial charge is 0.133 e. The van der Waals surface area contributed by atoms with Gasteiger partial charge in [-0.25, -0.2) is 0 Å². The molecular weight excluding hydrogens is 316 g/mol. The van der Waals surface area contributed by atoms with Crippen LogP contribution in [0, 0.1) is 28.6 Å². The Morgan fingerprint density at radius 2 is 1.88 bits per heavy atom. The Morgan fingerprint density at radius 1 is 1.16 bits per heavy atom. The van der Waals surface area contributed by atoms with Crippen LogP contribution in [0.3, 0.4) is 0 Å². The molecule has 0 aromatic heterocycles. The Balaban J connectivity index is 1.77. The third-order valence-electron chi connectivity index (χ3n) is 8.85. The molecule has 0 aliphatic heterocycles. The maximum Gasteiger partial charge on any atom is 0.133 e. The summed E-state index contributed by atoms with van der Waals surface area (Å²) in [6, 6.07) is 0. The minimum atomic E-state index is -0.979. The number of hydrogen-bond acceptors (Lipinski definition) is 4. The number of allylic oxidation sites excluding steroid dienone is 1. The number of aliphatic hydroxyl groups excluding tert-OH is 2. The number of hydrogen-bond donors (Lipinski definition) is 3. The number of fused-ring (bicyclic) bond motifs is 5. The molecule has 0 saturated heterocycles. The maximum atomic E-state index is 12.2. The van der Waals surface area contributed by atoms with Crippen LogP contribution < -0.4 is 0 Å². The molecule has 4 nitrogen and oxygen atoms in total. The van der Waals surface area contributed by atoms with E-state index in [-0.39, 0.29) is 35.1 Å². The molecule has 3 N–H and O–H groups in total. The molecule has 0 amide bonds.